The molecule has 0 N–H and O–H groups in total. The minimum absolute atomic E-state index is 0.173. The number of halogens is 5. The standard InChI is InChI=1S/C8H9F5O/c1-3-5-14-7(4-2,6(9)10)8(11,12)13/h2,6H,3,5H2,1H3. The molecular formula is C8H9F5O. The van der Waals surface area contributed by atoms with Crippen LogP contribution in [0.1, 0.15) is 13.3 Å². The molecule has 0 aromatic carbocycles. The summed E-state index contributed by atoms with van der Waals surface area (Å²) < 4.78 is 65.0. The molecule has 0 amide bonds. The lowest BCUT2D eigenvalue weighted by Crippen LogP contribution is -2.52. The highest BCUT2D eigenvalue weighted by Gasteiger charge is 2.62. The molecule has 0 aliphatic carbocycles. The summed E-state index contributed by atoms with van der Waals surface area (Å²) in [7, 11) is 0. The maximum absolute atomic E-state index is 12.2. The minimum atomic E-state index is -5.27. The molecule has 1 unspecified atom stereocenters. The van der Waals surface area contributed by atoms with Gasteiger partial charge >= 0.3 is 6.18 Å². The topological polar surface area (TPSA) is 9.23 Å². The van der Waals surface area contributed by atoms with Crippen LogP contribution in [-0.4, -0.2) is 24.8 Å². The third-order valence-electron chi connectivity index (χ3n) is 1.48. The van der Waals surface area contributed by atoms with Gasteiger partial charge < -0.3 is 4.74 Å². The van der Waals surface area contributed by atoms with Crippen molar-refractivity contribution in [3.8, 4) is 12.3 Å². The quantitative estimate of drug-likeness (QED) is 0.518. The van der Waals surface area contributed by atoms with Crippen LogP contribution in [0.15, 0.2) is 0 Å². The fourth-order valence-electron chi connectivity index (χ4n) is 0.718. The van der Waals surface area contributed by atoms with Crippen molar-refractivity contribution in [2.75, 3.05) is 6.61 Å². The first kappa shape index (κ1) is 13.2. The van der Waals surface area contributed by atoms with E-state index in [0.717, 1.165) is 5.92 Å². The molecular weight excluding hydrogens is 207 g/mol. The van der Waals surface area contributed by atoms with Crippen LogP contribution in [0.3, 0.4) is 0 Å². The number of hydrogen-bond acceptors (Lipinski definition) is 1. The summed E-state index contributed by atoms with van der Waals surface area (Å²) in [6.45, 7) is 1.02. The second kappa shape index (κ2) is 4.60. The fourth-order valence-corrected chi connectivity index (χ4v) is 0.718. The van der Waals surface area contributed by atoms with Crippen molar-refractivity contribution in [1.29, 1.82) is 0 Å². The number of ether oxygens (including phenoxy) is 1. The highest BCUT2D eigenvalue weighted by atomic mass is 19.4. The molecule has 0 spiro atoms. The van der Waals surface area contributed by atoms with Gasteiger partial charge in [-0.25, -0.2) is 8.78 Å². The SMILES string of the molecule is C#CC(OCCC)(C(F)F)C(F)(F)F. The van der Waals surface area contributed by atoms with E-state index in [1.165, 1.54) is 6.92 Å². The summed E-state index contributed by atoms with van der Waals surface area (Å²) in [5.41, 5.74) is -3.77. The van der Waals surface area contributed by atoms with E-state index in [1.807, 2.05) is 0 Å². The van der Waals surface area contributed by atoms with Gasteiger partial charge in [0.15, 0.2) is 0 Å². The molecule has 0 saturated heterocycles. The third-order valence-corrected chi connectivity index (χ3v) is 1.48. The summed E-state index contributed by atoms with van der Waals surface area (Å²) in [6, 6.07) is 0. The van der Waals surface area contributed by atoms with Gasteiger partial charge in [-0.05, 0) is 6.42 Å². The van der Waals surface area contributed by atoms with Gasteiger partial charge in [0.2, 0.25) is 0 Å². The lowest BCUT2D eigenvalue weighted by atomic mass is 10.1. The zero-order valence-corrected chi connectivity index (χ0v) is 7.37. The van der Waals surface area contributed by atoms with Crippen LogP contribution in [-0.2, 0) is 4.74 Å². The van der Waals surface area contributed by atoms with Crippen LogP contribution in [0.4, 0.5) is 22.0 Å². The molecule has 0 aromatic heterocycles. The number of rotatable bonds is 4. The average Bonchev–Trinajstić information content (AvgIpc) is 2.03. The first-order valence-electron chi connectivity index (χ1n) is 3.78. The van der Waals surface area contributed by atoms with Crippen molar-refractivity contribution in [3.05, 3.63) is 0 Å². The first-order valence-corrected chi connectivity index (χ1v) is 3.78. The minimum Gasteiger partial charge on any atom is -0.349 e. The molecule has 0 aliphatic heterocycles. The monoisotopic (exact) mass is 216 g/mol. The van der Waals surface area contributed by atoms with E-state index in [-0.39, 0.29) is 6.42 Å². The van der Waals surface area contributed by atoms with Gasteiger partial charge in [0.25, 0.3) is 12.0 Å². The van der Waals surface area contributed by atoms with Gasteiger partial charge in [0.1, 0.15) is 0 Å². The molecule has 0 saturated carbocycles. The second-order valence-electron chi connectivity index (χ2n) is 2.53. The van der Waals surface area contributed by atoms with Crippen LogP contribution in [0.5, 0.6) is 0 Å². The van der Waals surface area contributed by atoms with Crippen molar-refractivity contribution in [3.63, 3.8) is 0 Å². The lowest BCUT2D eigenvalue weighted by molar-refractivity contribution is -0.288. The van der Waals surface area contributed by atoms with Gasteiger partial charge in [-0.15, -0.1) is 6.42 Å². The highest BCUT2D eigenvalue weighted by molar-refractivity contribution is 5.15. The summed E-state index contributed by atoms with van der Waals surface area (Å²) in [5.74, 6) is 0.993. The van der Waals surface area contributed by atoms with Crippen molar-refractivity contribution in [1.82, 2.24) is 0 Å². The van der Waals surface area contributed by atoms with E-state index in [9.17, 15) is 22.0 Å². The Hall–Kier alpha value is -0.830. The van der Waals surface area contributed by atoms with Crippen LogP contribution in [0.2, 0.25) is 0 Å². The van der Waals surface area contributed by atoms with E-state index in [1.54, 1.807) is 0 Å². The molecule has 0 rings (SSSR count). The molecule has 1 nitrogen and oxygen atoms in total. The summed E-state index contributed by atoms with van der Waals surface area (Å²) in [5, 5.41) is 0. The molecule has 1 atom stereocenters. The van der Waals surface area contributed by atoms with Crippen LogP contribution < -0.4 is 0 Å². The molecule has 0 aliphatic rings. The van der Waals surface area contributed by atoms with E-state index in [2.05, 4.69) is 11.2 Å². The Balaban J connectivity index is 4.93. The zero-order chi connectivity index (χ0) is 11.4. The van der Waals surface area contributed by atoms with Crippen molar-refractivity contribution in [2.45, 2.75) is 31.5 Å². The molecule has 0 aromatic rings. The number of alkyl halides is 5. The van der Waals surface area contributed by atoms with Crippen LogP contribution in [0.25, 0.3) is 0 Å². The molecule has 0 radical (unpaired) electrons. The third kappa shape index (κ3) is 2.35. The molecule has 0 bridgehead atoms. The molecule has 14 heavy (non-hydrogen) atoms. The smallest absolute Gasteiger partial charge is 0.349 e. The lowest BCUT2D eigenvalue weighted by Gasteiger charge is -2.29. The fraction of sp³-hybridized carbons (Fsp3) is 0.750. The molecule has 6 heteroatoms. The number of hydrogen-bond donors (Lipinski definition) is 0. The van der Waals surface area contributed by atoms with Gasteiger partial charge in [-0.1, -0.05) is 12.8 Å². The molecule has 82 valence electrons. The van der Waals surface area contributed by atoms with E-state index < -0.39 is 24.8 Å². The Bertz CT molecular complexity index is 217. The summed E-state index contributed by atoms with van der Waals surface area (Å²) >= 11 is 0. The Kier molecular flexibility index (Phi) is 4.33. The van der Waals surface area contributed by atoms with Crippen molar-refractivity contribution < 1.29 is 26.7 Å². The van der Waals surface area contributed by atoms with Crippen molar-refractivity contribution >= 4 is 0 Å². The predicted octanol–water partition coefficient (Wildman–Crippen LogP) is 2.61. The van der Waals surface area contributed by atoms with E-state index in [4.69, 9.17) is 0 Å². The van der Waals surface area contributed by atoms with E-state index in [0.29, 0.717) is 0 Å². The largest absolute Gasteiger partial charge is 0.434 e. The van der Waals surface area contributed by atoms with Gasteiger partial charge in [0.05, 0.1) is 0 Å². The average molecular weight is 216 g/mol. The molecule has 0 fully saturated rings. The Morgan fingerprint density at radius 2 is 1.86 bits per heavy atom. The second-order valence-corrected chi connectivity index (χ2v) is 2.53. The predicted molar refractivity (Wildman–Crippen MR) is 39.9 cm³/mol. The van der Waals surface area contributed by atoms with Crippen LogP contribution >= 0.6 is 0 Å². The molecule has 0 heterocycles. The van der Waals surface area contributed by atoms with Gasteiger partial charge in [0, 0.05) is 6.61 Å². The first-order chi connectivity index (χ1) is 6.31. The van der Waals surface area contributed by atoms with Crippen molar-refractivity contribution in [2.24, 2.45) is 0 Å². The maximum Gasteiger partial charge on any atom is 0.434 e. The number of terminal acetylenes is 1. The summed E-state index contributed by atoms with van der Waals surface area (Å²) in [6.07, 6.45) is -4.43. The van der Waals surface area contributed by atoms with E-state index >= 15 is 0 Å². The van der Waals surface area contributed by atoms with Gasteiger partial charge in [-0.3, -0.25) is 0 Å². The Morgan fingerprint density at radius 1 is 1.36 bits per heavy atom. The maximum atomic E-state index is 12.2. The Labute approximate surface area is 78.2 Å². The highest BCUT2D eigenvalue weighted by Crippen LogP contribution is 2.38. The van der Waals surface area contributed by atoms with Crippen LogP contribution in [0, 0.1) is 12.3 Å². The normalized spacial score (nSPS) is 16.4. The van der Waals surface area contributed by atoms with Gasteiger partial charge in [-0.2, -0.15) is 13.2 Å². The summed E-state index contributed by atoms with van der Waals surface area (Å²) in [4.78, 5) is 0. The Morgan fingerprint density at radius 3 is 2.07 bits per heavy atom. The zero-order valence-electron chi connectivity index (χ0n) is 7.37.